The van der Waals surface area contributed by atoms with Crippen molar-refractivity contribution in [3.63, 3.8) is 0 Å². The fourth-order valence-corrected chi connectivity index (χ4v) is 3.25. The molecule has 7 heteroatoms. The molecule has 3 rings (SSSR count). The van der Waals surface area contributed by atoms with Crippen molar-refractivity contribution < 1.29 is 18.4 Å². The van der Waals surface area contributed by atoms with Crippen LogP contribution in [0.3, 0.4) is 0 Å². The van der Waals surface area contributed by atoms with Gasteiger partial charge in [-0.05, 0) is 41.3 Å². The quantitative estimate of drug-likeness (QED) is 0.667. The van der Waals surface area contributed by atoms with Gasteiger partial charge in [-0.2, -0.15) is 0 Å². The largest absolute Gasteiger partial charge is 0.459 e. The first kappa shape index (κ1) is 17.9. The average Bonchev–Trinajstić information content (AvgIpc) is 3.34. The number of nitrogens with one attached hydrogen (secondary N) is 2. The first-order valence-corrected chi connectivity index (χ1v) is 8.91. The van der Waals surface area contributed by atoms with Crippen LogP contribution in [0.15, 0.2) is 64.6 Å². The van der Waals surface area contributed by atoms with Crippen molar-refractivity contribution in [2.45, 2.75) is 12.5 Å². The third-order valence-corrected chi connectivity index (χ3v) is 4.66. The van der Waals surface area contributed by atoms with E-state index in [2.05, 4.69) is 10.6 Å². The molecule has 0 saturated carbocycles. The van der Waals surface area contributed by atoms with Crippen LogP contribution in [0.1, 0.15) is 33.5 Å². The molecule has 1 atom stereocenters. The number of halogens is 1. The van der Waals surface area contributed by atoms with Gasteiger partial charge in [0.1, 0.15) is 5.82 Å². The first-order chi connectivity index (χ1) is 12.6. The third kappa shape index (κ3) is 4.58. The Morgan fingerprint density at radius 2 is 1.92 bits per heavy atom. The van der Waals surface area contributed by atoms with Crippen LogP contribution in [0.2, 0.25) is 0 Å². The maximum absolute atomic E-state index is 13.2. The summed E-state index contributed by atoms with van der Waals surface area (Å²) in [5.74, 6) is -0.706. The highest BCUT2D eigenvalue weighted by Gasteiger charge is 2.18. The maximum atomic E-state index is 13.2. The SMILES string of the molecule is O=C(CCNC(=O)c1ccco1)N[C@@H](c1ccc(F)cc1)c1cccs1. The fraction of sp³-hybridized carbons (Fsp3) is 0.158. The number of benzene rings is 1. The minimum absolute atomic E-state index is 0.121. The van der Waals surface area contributed by atoms with Crippen molar-refractivity contribution in [2.75, 3.05) is 6.54 Å². The van der Waals surface area contributed by atoms with Crippen LogP contribution < -0.4 is 10.6 Å². The molecule has 1 aromatic carbocycles. The topological polar surface area (TPSA) is 71.3 Å². The highest BCUT2D eigenvalue weighted by atomic mass is 32.1. The van der Waals surface area contributed by atoms with Gasteiger partial charge in [0, 0.05) is 17.8 Å². The minimum Gasteiger partial charge on any atom is -0.459 e. The summed E-state index contributed by atoms with van der Waals surface area (Å²) in [5, 5.41) is 7.49. The molecule has 2 aromatic heterocycles. The Morgan fingerprint density at radius 1 is 1.12 bits per heavy atom. The Morgan fingerprint density at radius 3 is 2.58 bits per heavy atom. The molecule has 2 amide bonds. The number of furan rings is 1. The molecule has 2 N–H and O–H groups in total. The predicted molar refractivity (Wildman–Crippen MR) is 96.4 cm³/mol. The number of amides is 2. The number of carbonyl (C=O) groups is 2. The normalized spacial score (nSPS) is 11.7. The molecule has 0 radical (unpaired) electrons. The number of hydrogen-bond donors (Lipinski definition) is 2. The van der Waals surface area contributed by atoms with E-state index in [1.54, 1.807) is 24.3 Å². The summed E-state index contributed by atoms with van der Waals surface area (Å²) in [7, 11) is 0. The zero-order valence-corrected chi connectivity index (χ0v) is 14.6. The molecule has 26 heavy (non-hydrogen) atoms. The van der Waals surface area contributed by atoms with Crippen molar-refractivity contribution in [3.8, 4) is 0 Å². The number of carbonyl (C=O) groups excluding carboxylic acids is 2. The molecule has 0 unspecified atom stereocenters. The van der Waals surface area contributed by atoms with Gasteiger partial charge >= 0.3 is 0 Å². The van der Waals surface area contributed by atoms with Crippen molar-refractivity contribution in [3.05, 3.63) is 82.2 Å². The van der Waals surface area contributed by atoms with Crippen LogP contribution in [0.4, 0.5) is 4.39 Å². The molecule has 5 nitrogen and oxygen atoms in total. The molecule has 0 saturated heterocycles. The van der Waals surface area contributed by atoms with Gasteiger partial charge in [0.2, 0.25) is 5.91 Å². The monoisotopic (exact) mass is 372 g/mol. The smallest absolute Gasteiger partial charge is 0.286 e. The molecular weight excluding hydrogens is 355 g/mol. The Kier molecular flexibility index (Phi) is 5.80. The zero-order chi connectivity index (χ0) is 18.4. The average molecular weight is 372 g/mol. The second-order valence-corrected chi connectivity index (χ2v) is 6.53. The standard InChI is InChI=1S/C19H17FN2O3S/c20-14-7-5-13(6-8-14)18(16-4-2-12-26-16)22-17(23)9-10-21-19(24)15-3-1-11-25-15/h1-8,11-12,18H,9-10H2,(H,21,24)(H,22,23)/t18-/m0/s1. The minimum atomic E-state index is -0.365. The summed E-state index contributed by atoms with van der Waals surface area (Å²) in [6.45, 7) is 0.186. The number of hydrogen-bond acceptors (Lipinski definition) is 4. The molecule has 0 aliphatic carbocycles. The highest BCUT2D eigenvalue weighted by molar-refractivity contribution is 7.10. The molecule has 3 aromatic rings. The van der Waals surface area contributed by atoms with E-state index in [0.717, 1.165) is 10.4 Å². The second-order valence-electron chi connectivity index (χ2n) is 5.55. The molecule has 134 valence electrons. The Bertz CT molecular complexity index is 846. The van der Waals surface area contributed by atoms with Gasteiger partial charge in [-0.25, -0.2) is 4.39 Å². The third-order valence-electron chi connectivity index (χ3n) is 3.72. The Labute approximate surface area is 153 Å². The van der Waals surface area contributed by atoms with Crippen LogP contribution in [-0.2, 0) is 4.79 Å². The van der Waals surface area contributed by atoms with Gasteiger partial charge in [0.05, 0.1) is 12.3 Å². The lowest BCUT2D eigenvalue weighted by Crippen LogP contribution is -2.33. The van der Waals surface area contributed by atoms with E-state index in [1.807, 2.05) is 17.5 Å². The van der Waals surface area contributed by atoms with Crippen molar-refractivity contribution in [1.82, 2.24) is 10.6 Å². The summed E-state index contributed by atoms with van der Waals surface area (Å²) in [4.78, 5) is 25.0. The lowest BCUT2D eigenvalue weighted by Gasteiger charge is -2.18. The predicted octanol–water partition coefficient (Wildman–Crippen LogP) is 3.51. The molecule has 0 aliphatic heterocycles. The van der Waals surface area contributed by atoms with Crippen molar-refractivity contribution >= 4 is 23.2 Å². The Balaban J connectivity index is 1.59. The van der Waals surface area contributed by atoms with Crippen LogP contribution >= 0.6 is 11.3 Å². The van der Waals surface area contributed by atoms with E-state index < -0.39 is 0 Å². The molecule has 0 fully saturated rings. The summed E-state index contributed by atoms with van der Waals surface area (Å²) in [5.41, 5.74) is 0.793. The fourth-order valence-electron chi connectivity index (χ4n) is 2.45. The van der Waals surface area contributed by atoms with E-state index >= 15 is 0 Å². The number of rotatable bonds is 7. The van der Waals surface area contributed by atoms with E-state index in [4.69, 9.17) is 4.42 Å². The van der Waals surface area contributed by atoms with Crippen LogP contribution in [0, 0.1) is 5.82 Å². The highest BCUT2D eigenvalue weighted by Crippen LogP contribution is 2.26. The second kappa shape index (κ2) is 8.44. The van der Waals surface area contributed by atoms with Gasteiger partial charge in [0.25, 0.3) is 5.91 Å². The summed E-state index contributed by atoms with van der Waals surface area (Å²) in [6.07, 6.45) is 1.53. The van der Waals surface area contributed by atoms with Gasteiger partial charge in [-0.3, -0.25) is 9.59 Å². The van der Waals surface area contributed by atoms with E-state index in [-0.39, 0.29) is 42.4 Å². The van der Waals surface area contributed by atoms with Gasteiger partial charge in [-0.15, -0.1) is 11.3 Å². The van der Waals surface area contributed by atoms with Gasteiger partial charge < -0.3 is 15.1 Å². The van der Waals surface area contributed by atoms with Crippen LogP contribution in [0.5, 0.6) is 0 Å². The maximum Gasteiger partial charge on any atom is 0.286 e. The lowest BCUT2D eigenvalue weighted by atomic mass is 10.1. The van der Waals surface area contributed by atoms with Crippen LogP contribution in [0.25, 0.3) is 0 Å². The molecule has 2 heterocycles. The summed E-state index contributed by atoms with van der Waals surface area (Å²) < 4.78 is 18.2. The Hall–Kier alpha value is -2.93. The molecule has 0 spiro atoms. The van der Waals surface area contributed by atoms with Crippen molar-refractivity contribution in [2.24, 2.45) is 0 Å². The van der Waals surface area contributed by atoms with E-state index in [1.165, 1.54) is 29.7 Å². The zero-order valence-electron chi connectivity index (χ0n) is 13.8. The summed E-state index contributed by atoms with van der Waals surface area (Å²) in [6, 6.07) is 12.7. The van der Waals surface area contributed by atoms with Gasteiger partial charge in [-0.1, -0.05) is 18.2 Å². The molecule has 0 aliphatic rings. The van der Waals surface area contributed by atoms with E-state index in [9.17, 15) is 14.0 Å². The van der Waals surface area contributed by atoms with E-state index in [0.29, 0.717) is 0 Å². The van der Waals surface area contributed by atoms with Crippen molar-refractivity contribution in [1.29, 1.82) is 0 Å². The van der Waals surface area contributed by atoms with Crippen LogP contribution in [-0.4, -0.2) is 18.4 Å². The molecular formula is C19H17FN2O3S. The summed E-state index contributed by atoms with van der Waals surface area (Å²) >= 11 is 1.51. The number of thiophene rings is 1. The van der Waals surface area contributed by atoms with Gasteiger partial charge in [0.15, 0.2) is 5.76 Å². The first-order valence-electron chi connectivity index (χ1n) is 8.03. The lowest BCUT2D eigenvalue weighted by molar-refractivity contribution is -0.121. The molecule has 0 bridgehead atoms.